The van der Waals surface area contributed by atoms with Crippen LogP contribution in [0.2, 0.25) is 0 Å². The minimum Gasteiger partial charge on any atom is -0.345 e. The average Bonchev–Trinajstić information content (AvgIpc) is 2.52. The zero-order chi connectivity index (χ0) is 8.55. The van der Waals surface area contributed by atoms with Crippen molar-refractivity contribution in [2.24, 2.45) is 0 Å². The van der Waals surface area contributed by atoms with Gasteiger partial charge >= 0.3 is 0 Å². The van der Waals surface area contributed by atoms with Gasteiger partial charge in [-0.3, -0.25) is 0 Å². The molecule has 0 unspecified atom stereocenters. The maximum atomic E-state index is 5.73. The van der Waals surface area contributed by atoms with Crippen LogP contribution >= 0.6 is 34.2 Å². The van der Waals surface area contributed by atoms with Crippen LogP contribution < -0.4 is 0 Å². The Morgan fingerprint density at radius 2 is 2.33 bits per heavy atom. The Kier molecular flexibility index (Phi) is 2.23. The fourth-order valence-electron chi connectivity index (χ4n) is 1.14. The number of halogens is 2. The zero-order valence-corrected chi connectivity index (χ0v) is 9.06. The van der Waals surface area contributed by atoms with Crippen molar-refractivity contribution in [2.45, 2.75) is 5.88 Å². The maximum Gasteiger partial charge on any atom is 0.102 e. The number of imidazole rings is 1. The highest BCUT2D eigenvalue weighted by molar-refractivity contribution is 14.1. The van der Waals surface area contributed by atoms with Crippen molar-refractivity contribution < 1.29 is 0 Å². The molecule has 0 aliphatic carbocycles. The molecule has 0 aliphatic rings. The van der Waals surface area contributed by atoms with Crippen LogP contribution in [0.3, 0.4) is 0 Å². The van der Waals surface area contributed by atoms with Crippen LogP contribution in [0.5, 0.6) is 0 Å². The van der Waals surface area contributed by atoms with Crippen LogP contribution in [-0.4, -0.2) is 9.97 Å². The summed E-state index contributed by atoms with van der Waals surface area (Å²) in [5.41, 5.74) is 3.19. The molecule has 2 nitrogen and oxygen atoms in total. The van der Waals surface area contributed by atoms with Crippen LogP contribution in [0.15, 0.2) is 18.5 Å². The minimum absolute atomic E-state index is 0.547. The summed E-state index contributed by atoms with van der Waals surface area (Å²) >= 11 is 7.99. The molecule has 0 bridgehead atoms. The summed E-state index contributed by atoms with van der Waals surface area (Å²) in [4.78, 5) is 7.25. The smallest absolute Gasteiger partial charge is 0.102 e. The van der Waals surface area contributed by atoms with E-state index in [2.05, 4.69) is 38.6 Å². The predicted molar refractivity (Wildman–Crippen MR) is 58.4 cm³/mol. The van der Waals surface area contributed by atoms with Crippen LogP contribution in [0.1, 0.15) is 5.56 Å². The summed E-state index contributed by atoms with van der Waals surface area (Å²) in [6, 6.07) is 4.08. The fraction of sp³-hybridized carbons (Fsp3) is 0.125. The van der Waals surface area contributed by atoms with Crippen LogP contribution in [0.25, 0.3) is 11.0 Å². The van der Waals surface area contributed by atoms with E-state index in [1.807, 2.05) is 6.07 Å². The number of aromatic amines is 1. The van der Waals surface area contributed by atoms with Gasteiger partial charge in [-0.15, -0.1) is 11.6 Å². The third-order valence-electron chi connectivity index (χ3n) is 1.69. The number of hydrogen-bond acceptors (Lipinski definition) is 1. The van der Waals surface area contributed by atoms with Gasteiger partial charge in [0.15, 0.2) is 0 Å². The highest BCUT2D eigenvalue weighted by atomic mass is 127. The molecule has 12 heavy (non-hydrogen) atoms. The monoisotopic (exact) mass is 292 g/mol. The number of nitrogens with one attached hydrogen (secondary N) is 1. The molecule has 2 aromatic rings. The molecule has 0 amide bonds. The number of nitrogens with zero attached hydrogens (tertiary/aromatic N) is 1. The number of benzene rings is 1. The average molecular weight is 293 g/mol. The second kappa shape index (κ2) is 3.22. The second-order valence-electron chi connectivity index (χ2n) is 2.51. The first-order chi connectivity index (χ1) is 5.81. The highest BCUT2D eigenvalue weighted by Crippen LogP contribution is 2.20. The number of alkyl halides is 1. The van der Waals surface area contributed by atoms with Gasteiger partial charge in [0, 0.05) is 9.45 Å². The topological polar surface area (TPSA) is 28.7 Å². The van der Waals surface area contributed by atoms with Crippen LogP contribution in [-0.2, 0) is 5.88 Å². The Morgan fingerprint density at radius 1 is 1.50 bits per heavy atom. The van der Waals surface area contributed by atoms with Crippen molar-refractivity contribution in [3.8, 4) is 0 Å². The normalized spacial score (nSPS) is 10.8. The molecule has 0 fully saturated rings. The molecule has 0 aliphatic heterocycles. The molecule has 1 heterocycles. The van der Waals surface area contributed by atoms with Crippen molar-refractivity contribution in [3.05, 3.63) is 27.6 Å². The molecule has 4 heteroatoms. The molecule has 0 saturated carbocycles. The van der Waals surface area contributed by atoms with Gasteiger partial charge in [-0.1, -0.05) is 0 Å². The van der Waals surface area contributed by atoms with E-state index in [1.165, 1.54) is 0 Å². The molecular weight excluding hydrogens is 286 g/mol. The van der Waals surface area contributed by atoms with Crippen molar-refractivity contribution >= 4 is 45.2 Å². The largest absolute Gasteiger partial charge is 0.345 e. The zero-order valence-electron chi connectivity index (χ0n) is 6.14. The summed E-state index contributed by atoms with van der Waals surface area (Å²) < 4.78 is 1.14. The van der Waals surface area contributed by atoms with Crippen molar-refractivity contribution in [1.82, 2.24) is 9.97 Å². The molecule has 0 saturated heterocycles. The number of hydrogen-bond donors (Lipinski definition) is 1. The number of H-pyrrole nitrogens is 1. The minimum atomic E-state index is 0.547. The van der Waals surface area contributed by atoms with Gasteiger partial charge in [0.2, 0.25) is 0 Å². The lowest BCUT2D eigenvalue weighted by atomic mass is 10.2. The predicted octanol–water partition coefficient (Wildman–Crippen LogP) is 2.91. The van der Waals surface area contributed by atoms with Crippen molar-refractivity contribution in [3.63, 3.8) is 0 Å². The Bertz CT molecular complexity index is 410. The second-order valence-corrected chi connectivity index (χ2v) is 3.94. The van der Waals surface area contributed by atoms with Gasteiger partial charge in [-0.25, -0.2) is 4.98 Å². The molecule has 2 rings (SSSR count). The quantitative estimate of drug-likeness (QED) is 0.635. The number of aromatic nitrogens is 2. The standard InChI is InChI=1S/C8H6ClIN2/c9-3-5-1-6(10)8-7(2-5)11-4-12-8/h1-2,4H,3H2,(H,11,12). The third-order valence-corrected chi connectivity index (χ3v) is 2.82. The van der Waals surface area contributed by atoms with Crippen molar-refractivity contribution in [1.29, 1.82) is 0 Å². The van der Waals surface area contributed by atoms with Gasteiger partial charge in [0.05, 0.1) is 11.8 Å². The molecule has 1 aromatic carbocycles. The first kappa shape index (κ1) is 8.31. The summed E-state index contributed by atoms with van der Waals surface area (Å²) in [6.07, 6.45) is 1.70. The van der Waals surface area contributed by atoms with E-state index >= 15 is 0 Å². The maximum absolute atomic E-state index is 5.73. The summed E-state index contributed by atoms with van der Waals surface area (Å²) in [7, 11) is 0. The van der Waals surface area contributed by atoms with E-state index in [1.54, 1.807) is 6.33 Å². The molecule has 0 spiro atoms. The van der Waals surface area contributed by atoms with E-state index in [4.69, 9.17) is 11.6 Å². The number of rotatable bonds is 1. The first-order valence-electron chi connectivity index (χ1n) is 3.48. The van der Waals surface area contributed by atoms with Gasteiger partial charge in [0.25, 0.3) is 0 Å². The molecule has 1 N–H and O–H groups in total. The van der Waals surface area contributed by atoms with Crippen molar-refractivity contribution in [2.75, 3.05) is 0 Å². The van der Waals surface area contributed by atoms with E-state index in [0.717, 1.165) is 20.2 Å². The number of fused-ring (bicyclic) bond motifs is 1. The molecule has 0 atom stereocenters. The summed E-state index contributed by atoms with van der Waals surface area (Å²) in [5, 5.41) is 0. The van der Waals surface area contributed by atoms with E-state index in [-0.39, 0.29) is 0 Å². The third kappa shape index (κ3) is 1.31. The van der Waals surface area contributed by atoms with Gasteiger partial charge in [0.1, 0.15) is 5.52 Å². The van der Waals surface area contributed by atoms with Crippen LogP contribution in [0, 0.1) is 3.57 Å². The SMILES string of the molecule is ClCc1cc(I)c2nc[nH]c2c1. The van der Waals surface area contributed by atoms with E-state index in [0.29, 0.717) is 5.88 Å². The molecule has 62 valence electrons. The lowest BCUT2D eigenvalue weighted by Crippen LogP contribution is -1.82. The molecular formula is C8H6ClIN2. The molecule has 1 aromatic heterocycles. The fourth-order valence-corrected chi connectivity index (χ4v) is 2.12. The summed E-state index contributed by atoms with van der Waals surface area (Å²) in [5.74, 6) is 0.547. The van der Waals surface area contributed by atoms with E-state index < -0.39 is 0 Å². The summed E-state index contributed by atoms with van der Waals surface area (Å²) in [6.45, 7) is 0. The Balaban J connectivity index is 2.75. The van der Waals surface area contributed by atoms with Gasteiger partial charge in [-0.2, -0.15) is 0 Å². The van der Waals surface area contributed by atoms with Gasteiger partial charge in [-0.05, 0) is 40.3 Å². The molecule has 0 radical (unpaired) electrons. The Morgan fingerprint density at radius 3 is 3.08 bits per heavy atom. The highest BCUT2D eigenvalue weighted by Gasteiger charge is 2.02. The Hall–Kier alpha value is -0.290. The van der Waals surface area contributed by atoms with Crippen LogP contribution in [0.4, 0.5) is 0 Å². The Labute approximate surface area is 88.5 Å². The van der Waals surface area contributed by atoms with E-state index in [9.17, 15) is 0 Å². The lowest BCUT2D eigenvalue weighted by Gasteiger charge is -1.97. The van der Waals surface area contributed by atoms with Gasteiger partial charge < -0.3 is 4.98 Å². The lowest BCUT2D eigenvalue weighted by molar-refractivity contribution is 1.34. The first-order valence-corrected chi connectivity index (χ1v) is 5.10.